The number of hydrogen-bond donors (Lipinski definition) is 1. The van der Waals surface area contributed by atoms with Crippen LogP contribution >= 0.6 is 0 Å². The molecule has 1 aliphatic rings. The van der Waals surface area contributed by atoms with E-state index in [0.717, 1.165) is 19.6 Å². The van der Waals surface area contributed by atoms with Crippen LogP contribution in [0.4, 0.5) is 0 Å². The third-order valence-corrected chi connectivity index (χ3v) is 3.03. The summed E-state index contributed by atoms with van der Waals surface area (Å²) >= 11 is 0. The van der Waals surface area contributed by atoms with Gasteiger partial charge in [0.05, 0.1) is 6.61 Å². The Balaban J connectivity index is 2.43. The molecular formula is C11H24N2O. The van der Waals surface area contributed by atoms with E-state index in [1.54, 1.807) is 0 Å². The molecule has 0 aliphatic carbocycles. The van der Waals surface area contributed by atoms with Crippen LogP contribution in [0.2, 0.25) is 0 Å². The lowest BCUT2D eigenvalue weighted by molar-refractivity contribution is 0.116. The van der Waals surface area contributed by atoms with E-state index in [9.17, 15) is 5.11 Å². The van der Waals surface area contributed by atoms with Crippen LogP contribution in [-0.2, 0) is 0 Å². The quantitative estimate of drug-likeness (QED) is 0.726. The van der Waals surface area contributed by atoms with Gasteiger partial charge in [-0.1, -0.05) is 13.3 Å². The van der Waals surface area contributed by atoms with Crippen molar-refractivity contribution in [2.45, 2.75) is 32.2 Å². The van der Waals surface area contributed by atoms with Gasteiger partial charge < -0.3 is 10.0 Å². The Morgan fingerprint density at radius 1 is 1.36 bits per heavy atom. The van der Waals surface area contributed by atoms with Crippen molar-refractivity contribution in [1.29, 1.82) is 0 Å². The molecule has 0 saturated carbocycles. The molecule has 0 bridgehead atoms. The maximum absolute atomic E-state index is 9.34. The molecule has 0 aromatic rings. The molecule has 1 fully saturated rings. The molecule has 1 aliphatic heterocycles. The van der Waals surface area contributed by atoms with Crippen LogP contribution in [0, 0.1) is 0 Å². The van der Waals surface area contributed by atoms with Gasteiger partial charge in [-0.3, -0.25) is 4.90 Å². The summed E-state index contributed by atoms with van der Waals surface area (Å²) in [6, 6.07) is 0.356. The van der Waals surface area contributed by atoms with E-state index < -0.39 is 0 Å². The van der Waals surface area contributed by atoms with Gasteiger partial charge >= 0.3 is 0 Å². The zero-order valence-electron chi connectivity index (χ0n) is 9.58. The predicted molar refractivity (Wildman–Crippen MR) is 59.5 cm³/mol. The van der Waals surface area contributed by atoms with Crippen LogP contribution < -0.4 is 0 Å². The summed E-state index contributed by atoms with van der Waals surface area (Å²) in [5.41, 5.74) is 0. The minimum atomic E-state index is 0.300. The normalized spacial score (nSPS) is 26.4. The Bertz CT molecular complexity index is 150. The van der Waals surface area contributed by atoms with Gasteiger partial charge in [0.1, 0.15) is 0 Å². The van der Waals surface area contributed by atoms with Gasteiger partial charge in [0.25, 0.3) is 0 Å². The van der Waals surface area contributed by atoms with Gasteiger partial charge in [0, 0.05) is 12.6 Å². The smallest absolute Gasteiger partial charge is 0.0599 e. The van der Waals surface area contributed by atoms with E-state index >= 15 is 0 Å². The second-order valence-corrected chi connectivity index (χ2v) is 4.34. The average molecular weight is 200 g/mol. The number of hydrogen-bond acceptors (Lipinski definition) is 3. The van der Waals surface area contributed by atoms with Gasteiger partial charge in [-0.05, 0) is 39.5 Å². The molecular weight excluding hydrogens is 176 g/mol. The molecule has 3 nitrogen and oxygen atoms in total. The fourth-order valence-corrected chi connectivity index (χ4v) is 2.12. The van der Waals surface area contributed by atoms with Gasteiger partial charge in [-0.25, -0.2) is 0 Å². The summed E-state index contributed by atoms with van der Waals surface area (Å²) in [5, 5.41) is 9.34. The van der Waals surface area contributed by atoms with E-state index in [1.807, 2.05) is 0 Å². The number of aliphatic hydroxyl groups excluding tert-OH is 1. The Kier molecular flexibility index (Phi) is 5.45. The fraction of sp³-hybridized carbons (Fsp3) is 1.00. The molecule has 1 rings (SSSR count). The van der Waals surface area contributed by atoms with Crippen molar-refractivity contribution in [1.82, 2.24) is 9.80 Å². The molecule has 1 unspecified atom stereocenters. The first-order valence-corrected chi connectivity index (χ1v) is 5.81. The zero-order valence-corrected chi connectivity index (χ0v) is 9.58. The van der Waals surface area contributed by atoms with Crippen molar-refractivity contribution in [2.75, 3.05) is 39.8 Å². The van der Waals surface area contributed by atoms with Crippen molar-refractivity contribution in [3.63, 3.8) is 0 Å². The third kappa shape index (κ3) is 3.56. The summed E-state index contributed by atoms with van der Waals surface area (Å²) < 4.78 is 0. The molecule has 3 heteroatoms. The van der Waals surface area contributed by atoms with Crippen LogP contribution in [0.5, 0.6) is 0 Å². The predicted octanol–water partition coefficient (Wildman–Crippen LogP) is 0.785. The second kappa shape index (κ2) is 6.38. The number of rotatable bonds is 4. The Hall–Kier alpha value is -0.120. The number of nitrogens with zero attached hydrogens (tertiary/aromatic N) is 2. The molecule has 0 spiro atoms. The molecule has 1 atom stereocenters. The van der Waals surface area contributed by atoms with Crippen LogP contribution in [0.3, 0.4) is 0 Å². The molecule has 14 heavy (non-hydrogen) atoms. The van der Waals surface area contributed by atoms with Gasteiger partial charge in [-0.2, -0.15) is 0 Å². The molecule has 1 heterocycles. The fourth-order valence-electron chi connectivity index (χ4n) is 2.12. The van der Waals surface area contributed by atoms with Gasteiger partial charge in [-0.15, -0.1) is 0 Å². The van der Waals surface area contributed by atoms with Crippen LogP contribution in [0.15, 0.2) is 0 Å². The van der Waals surface area contributed by atoms with Crippen LogP contribution in [-0.4, -0.2) is 60.8 Å². The average Bonchev–Trinajstić information content (AvgIpc) is 2.36. The molecule has 0 amide bonds. The van der Waals surface area contributed by atoms with Gasteiger partial charge in [0.2, 0.25) is 0 Å². The molecule has 1 N–H and O–H groups in total. The summed E-state index contributed by atoms with van der Waals surface area (Å²) in [6.07, 6.45) is 3.72. The largest absolute Gasteiger partial charge is 0.395 e. The highest BCUT2D eigenvalue weighted by Gasteiger charge is 2.21. The highest BCUT2D eigenvalue weighted by Crippen LogP contribution is 2.09. The molecule has 84 valence electrons. The van der Waals surface area contributed by atoms with Crippen molar-refractivity contribution in [3.05, 3.63) is 0 Å². The van der Waals surface area contributed by atoms with Crippen molar-refractivity contribution in [2.24, 2.45) is 0 Å². The first-order chi connectivity index (χ1) is 6.77. The van der Waals surface area contributed by atoms with E-state index in [2.05, 4.69) is 23.8 Å². The summed E-state index contributed by atoms with van der Waals surface area (Å²) in [5.74, 6) is 0. The molecule has 0 aromatic heterocycles. The minimum absolute atomic E-state index is 0.300. The summed E-state index contributed by atoms with van der Waals surface area (Å²) in [4.78, 5) is 4.78. The lowest BCUT2D eigenvalue weighted by atomic mass is 10.2. The molecule has 1 saturated heterocycles. The summed E-state index contributed by atoms with van der Waals surface area (Å²) in [7, 11) is 2.14. The minimum Gasteiger partial charge on any atom is -0.395 e. The second-order valence-electron chi connectivity index (χ2n) is 4.34. The van der Waals surface area contributed by atoms with E-state index in [-0.39, 0.29) is 0 Å². The standard InChI is InChI=1S/C11H24N2O/c1-3-4-7-13-8-5-6-12(2)9-11(13)10-14/h11,14H,3-10H2,1-2H3. The zero-order chi connectivity index (χ0) is 10.4. The monoisotopic (exact) mass is 200 g/mol. The first-order valence-electron chi connectivity index (χ1n) is 5.81. The van der Waals surface area contributed by atoms with Crippen LogP contribution in [0.1, 0.15) is 26.2 Å². The first kappa shape index (κ1) is 12.0. The Morgan fingerprint density at radius 3 is 2.79 bits per heavy atom. The maximum Gasteiger partial charge on any atom is 0.0599 e. The maximum atomic E-state index is 9.34. The summed E-state index contributed by atoms with van der Waals surface area (Å²) in [6.45, 7) is 7.00. The number of unbranched alkanes of at least 4 members (excludes halogenated alkanes) is 1. The number of aliphatic hydroxyl groups is 1. The third-order valence-electron chi connectivity index (χ3n) is 3.03. The lowest BCUT2D eigenvalue weighted by Crippen LogP contribution is -2.43. The topological polar surface area (TPSA) is 26.7 Å². The van der Waals surface area contributed by atoms with Gasteiger partial charge in [0.15, 0.2) is 0 Å². The van der Waals surface area contributed by atoms with E-state index in [4.69, 9.17) is 0 Å². The van der Waals surface area contributed by atoms with Crippen molar-refractivity contribution >= 4 is 0 Å². The Morgan fingerprint density at radius 2 is 2.14 bits per heavy atom. The van der Waals surface area contributed by atoms with Crippen molar-refractivity contribution < 1.29 is 5.11 Å². The highest BCUT2D eigenvalue weighted by molar-refractivity contribution is 4.77. The molecule has 0 aromatic carbocycles. The number of likely N-dealkylation sites (N-methyl/N-ethyl adjacent to an activating group) is 1. The Labute approximate surface area is 87.7 Å². The lowest BCUT2D eigenvalue weighted by Gasteiger charge is -2.29. The molecule has 0 radical (unpaired) electrons. The van der Waals surface area contributed by atoms with Crippen LogP contribution in [0.25, 0.3) is 0 Å². The van der Waals surface area contributed by atoms with E-state index in [1.165, 1.54) is 25.8 Å². The highest BCUT2D eigenvalue weighted by atomic mass is 16.3. The van der Waals surface area contributed by atoms with Crippen molar-refractivity contribution in [3.8, 4) is 0 Å². The SMILES string of the molecule is CCCCN1CCCN(C)CC1CO. The van der Waals surface area contributed by atoms with E-state index in [0.29, 0.717) is 12.6 Å².